The van der Waals surface area contributed by atoms with Gasteiger partial charge in [0.25, 0.3) is 0 Å². The van der Waals surface area contributed by atoms with Crippen molar-refractivity contribution in [3.63, 3.8) is 0 Å². The zero-order valence-electron chi connectivity index (χ0n) is 15.0. The van der Waals surface area contributed by atoms with Gasteiger partial charge in [0.1, 0.15) is 17.5 Å². The average molecular weight is 337 g/mol. The molecule has 24 heavy (non-hydrogen) atoms. The van der Waals surface area contributed by atoms with Crippen molar-refractivity contribution in [1.29, 1.82) is 0 Å². The lowest BCUT2D eigenvalue weighted by atomic mass is 9.93. The molecule has 0 radical (unpaired) electrons. The van der Waals surface area contributed by atoms with Crippen molar-refractivity contribution < 1.29 is 18.7 Å². The lowest BCUT2D eigenvalue weighted by Crippen LogP contribution is -2.42. The Balaban J connectivity index is 1.90. The first kappa shape index (κ1) is 18.7. The van der Waals surface area contributed by atoms with Gasteiger partial charge in [-0.15, -0.1) is 0 Å². The summed E-state index contributed by atoms with van der Waals surface area (Å²) in [7, 11) is 1.63. The van der Waals surface area contributed by atoms with Crippen LogP contribution in [-0.4, -0.2) is 42.8 Å². The predicted molar refractivity (Wildman–Crippen MR) is 91.7 cm³/mol. The molecule has 1 fully saturated rings. The average Bonchev–Trinajstić information content (AvgIpc) is 2.45. The van der Waals surface area contributed by atoms with Crippen LogP contribution in [0.5, 0.6) is 5.75 Å². The second-order valence-electron chi connectivity index (χ2n) is 7.53. The summed E-state index contributed by atoms with van der Waals surface area (Å²) in [5.41, 5.74) is 0.616. The number of nitrogens with zero attached hydrogens (tertiary/aromatic N) is 1. The van der Waals surface area contributed by atoms with Gasteiger partial charge in [0.05, 0.1) is 7.11 Å². The van der Waals surface area contributed by atoms with Crippen molar-refractivity contribution in [3.8, 4) is 5.75 Å². The SMILES string of the molecule is COc1ccc(CN2C[C@@H](F)C[C@@H](CC(=O)OC(C)(C)C)C2)cc1. The fraction of sp³-hybridized carbons (Fsp3) is 0.632. The molecular weight excluding hydrogens is 309 g/mol. The molecule has 0 aromatic heterocycles. The molecule has 4 nitrogen and oxygen atoms in total. The number of rotatable bonds is 5. The topological polar surface area (TPSA) is 38.8 Å². The number of halogens is 1. The summed E-state index contributed by atoms with van der Waals surface area (Å²) in [6.45, 7) is 7.34. The maximum absolute atomic E-state index is 14.1. The van der Waals surface area contributed by atoms with E-state index in [2.05, 4.69) is 4.90 Å². The van der Waals surface area contributed by atoms with Crippen LogP contribution in [0.25, 0.3) is 0 Å². The van der Waals surface area contributed by atoms with E-state index in [1.807, 2.05) is 45.0 Å². The lowest BCUT2D eigenvalue weighted by molar-refractivity contribution is -0.156. The van der Waals surface area contributed by atoms with Crippen LogP contribution < -0.4 is 4.74 Å². The van der Waals surface area contributed by atoms with Gasteiger partial charge in [0, 0.05) is 26.1 Å². The largest absolute Gasteiger partial charge is 0.497 e. The van der Waals surface area contributed by atoms with E-state index in [1.54, 1.807) is 7.11 Å². The van der Waals surface area contributed by atoms with Crippen LogP contribution in [0.15, 0.2) is 24.3 Å². The number of methoxy groups -OCH3 is 1. The third kappa shape index (κ3) is 6.11. The van der Waals surface area contributed by atoms with Crippen LogP contribution in [0.1, 0.15) is 39.2 Å². The Kier molecular flexibility index (Phi) is 6.21. The summed E-state index contributed by atoms with van der Waals surface area (Å²) in [4.78, 5) is 14.1. The molecule has 0 N–H and O–H groups in total. The molecule has 0 unspecified atom stereocenters. The van der Waals surface area contributed by atoms with E-state index in [-0.39, 0.29) is 18.3 Å². The number of hydrogen-bond donors (Lipinski definition) is 0. The maximum Gasteiger partial charge on any atom is 0.306 e. The first-order chi connectivity index (χ1) is 11.2. The molecule has 1 aromatic rings. The molecular formula is C19H28FNO3. The third-order valence-corrected chi connectivity index (χ3v) is 4.00. The first-order valence-corrected chi connectivity index (χ1v) is 8.46. The van der Waals surface area contributed by atoms with Crippen LogP contribution in [-0.2, 0) is 16.1 Å². The van der Waals surface area contributed by atoms with Crippen LogP contribution >= 0.6 is 0 Å². The summed E-state index contributed by atoms with van der Waals surface area (Å²) < 4.78 is 24.6. The Bertz CT molecular complexity index is 539. The molecule has 0 bridgehead atoms. The van der Waals surface area contributed by atoms with Gasteiger partial charge in [0.2, 0.25) is 0 Å². The molecule has 0 spiro atoms. The number of piperidine rings is 1. The number of hydrogen-bond acceptors (Lipinski definition) is 4. The number of alkyl halides is 1. The second-order valence-corrected chi connectivity index (χ2v) is 7.53. The highest BCUT2D eigenvalue weighted by molar-refractivity contribution is 5.70. The molecule has 1 heterocycles. The van der Waals surface area contributed by atoms with Gasteiger partial charge in [-0.2, -0.15) is 0 Å². The van der Waals surface area contributed by atoms with Gasteiger partial charge in [-0.1, -0.05) is 12.1 Å². The highest BCUT2D eigenvalue weighted by Crippen LogP contribution is 2.25. The predicted octanol–water partition coefficient (Wildman–Crippen LogP) is 3.59. The zero-order chi connectivity index (χ0) is 17.7. The molecule has 1 aliphatic rings. The molecule has 0 aliphatic carbocycles. The van der Waals surface area contributed by atoms with Crippen molar-refractivity contribution in [2.75, 3.05) is 20.2 Å². The Morgan fingerprint density at radius 2 is 1.92 bits per heavy atom. The molecule has 1 saturated heterocycles. The van der Waals surface area contributed by atoms with Crippen LogP contribution in [0.4, 0.5) is 4.39 Å². The number of carbonyl (C=O) groups is 1. The van der Waals surface area contributed by atoms with Gasteiger partial charge >= 0.3 is 5.97 Å². The molecule has 2 rings (SSSR count). The molecule has 0 saturated carbocycles. The summed E-state index contributed by atoms with van der Waals surface area (Å²) in [6.07, 6.45) is -0.195. The summed E-state index contributed by atoms with van der Waals surface area (Å²) in [5, 5.41) is 0. The lowest BCUT2D eigenvalue weighted by Gasteiger charge is -2.34. The minimum atomic E-state index is -0.899. The minimum Gasteiger partial charge on any atom is -0.497 e. The minimum absolute atomic E-state index is 0.00171. The van der Waals surface area contributed by atoms with Crippen LogP contribution in [0.3, 0.4) is 0 Å². The van der Waals surface area contributed by atoms with E-state index in [4.69, 9.17) is 9.47 Å². The smallest absolute Gasteiger partial charge is 0.306 e. The van der Waals surface area contributed by atoms with E-state index < -0.39 is 11.8 Å². The number of benzene rings is 1. The van der Waals surface area contributed by atoms with Crippen LogP contribution in [0, 0.1) is 5.92 Å². The Morgan fingerprint density at radius 1 is 1.25 bits per heavy atom. The van der Waals surface area contributed by atoms with Crippen LogP contribution in [0.2, 0.25) is 0 Å². The molecule has 2 atom stereocenters. The monoisotopic (exact) mass is 337 g/mol. The Hall–Kier alpha value is -1.62. The summed E-state index contributed by atoms with van der Waals surface area (Å²) in [5.74, 6) is 0.566. The van der Waals surface area contributed by atoms with Gasteiger partial charge < -0.3 is 9.47 Å². The normalized spacial score (nSPS) is 22.2. The third-order valence-electron chi connectivity index (χ3n) is 4.00. The molecule has 0 amide bonds. The van der Waals surface area contributed by atoms with Gasteiger partial charge in [-0.3, -0.25) is 9.69 Å². The quantitative estimate of drug-likeness (QED) is 0.770. The van der Waals surface area contributed by atoms with E-state index in [1.165, 1.54) is 0 Å². The van der Waals surface area contributed by atoms with E-state index in [9.17, 15) is 9.18 Å². The summed E-state index contributed by atoms with van der Waals surface area (Å²) in [6, 6.07) is 7.79. The highest BCUT2D eigenvalue weighted by atomic mass is 19.1. The first-order valence-electron chi connectivity index (χ1n) is 8.46. The maximum atomic E-state index is 14.1. The van der Waals surface area contributed by atoms with E-state index in [0.29, 0.717) is 26.1 Å². The molecule has 1 aliphatic heterocycles. The molecule has 5 heteroatoms. The zero-order valence-corrected chi connectivity index (χ0v) is 15.0. The highest BCUT2D eigenvalue weighted by Gasteiger charge is 2.30. The fourth-order valence-corrected chi connectivity index (χ4v) is 3.12. The van der Waals surface area contributed by atoms with Gasteiger partial charge in [0.15, 0.2) is 0 Å². The van der Waals surface area contributed by atoms with E-state index in [0.717, 1.165) is 11.3 Å². The Morgan fingerprint density at radius 3 is 2.50 bits per heavy atom. The fourth-order valence-electron chi connectivity index (χ4n) is 3.12. The molecule has 1 aromatic carbocycles. The van der Waals surface area contributed by atoms with Crippen molar-refractivity contribution in [1.82, 2.24) is 4.90 Å². The van der Waals surface area contributed by atoms with Crippen molar-refractivity contribution in [3.05, 3.63) is 29.8 Å². The summed E-state index contributed by atoms with van der Waals surface area (Å²) >= 11 is 0. The van der Waals surface area contributed by atoms with Crippen molar-refractivity contribution in [2.45, 2.75) is 51.9 Å². The number of esters is 1. The van der Waals surface area contributed by atoms with Gasteiger partial charge in [-0.25, -0.2) is 4.39 Å². The number of ether oxygens (including phenoxy) is 2. The standard InChI is InChI=1S/C19H28FNO3/c1-19(2,3)24-18(22)10-15-9-16(20)13-21(12-15)11-14-5-7-17(23-4)8-6-14/h5-8,15-16H,9-13H2,1-4H3/t15-,16-/m0/s1. The molecule has 134 valence electrons. The Labute approximate surface area is 143 Å². The van der Waals surface area contributed by atoms with E-state index >= 15 is 0 Å². The number of likely N-dealkylation sites (tertiary alicyclic amines) is 1. The second kappa shape index (κ2) is 7.97. The van der Waals surface area contributed by atoms with Gasteiger partial charge in [-0.05, 0) is 50.8 Å². The van der Waals surface area contributed by atoms with Crippen molar-refractivity contribution in [2.24, 2.45) is 5.92 Å². The van der Waals surface area contributed by atoms with Crippen molar-refractivity contribution >= 4 is 5.97 Å². The number of carbonyl (C=O) groups excluding carboxylic acids is 1.